The molecule has 0 radical (unpaired) electrons. The van der Waals surface area contributed by atoms with Crippen LogP contribution in [0.2, 0.25) is 0 Å². The van der Waals surface area contributed by atoms with Gasteiger partial charge in [-0.05, 0) is 57.1 Å². The maximum Gasteiger partial charge on any atom is 0.258 e. The third-order valence-electron chi connectivity index (χ3n) is 7.47. The highest BCUT2D eigenvalue weighted by atomic mass is 16.3. The maximum atomic E-state index is 13.9. The monoisotopic (exact) mass is 497 g/mol. The van der Waals surface area contributed by atoms with Crippen molar-refractivity contribution in [1.82, 2.24) is 15.5 Å². The fourth-order valence-electron chi connectivity index (χ4n) is 5.83. The van der Waals surface area contributed by atoms with Gasteiger partial charge in [-0.1, -0.05) is 18.2 Å². The molecule has 192 valence electrons. The van der Waals surface area contributed by atoms with Gasteiger partial charge in [-0.25, -0.2) is 0 Å². The lowest BCUT2D eigenvalue weighted by atomic mass is 9.57. The zero-order chi connectivity index (χ0) is 26.5. The molecule has 36 heavy (non-hydrogen) atoms. The molecule has 4 rings (SSSR count). The maximum absolute atomic E-state index is 13.9. The van der Waals surface area contributed by atoms with Crippen molar-refractivity contribution in [2.45, 2.75) is 24.5 Å². The van der Waals surface area contributed by atoms with Crippen LogP contribution in [0.5, 0.6) is 5.75 Å². The molecule has 1 saturated carbocycles. The summed E-state index contributed by atoms with van der Waals surface area (Å²) in [7, 11) is 6.27. The molecule has 1 aromatic rings. The number of nitrogens with zero attached hydrogens (tertiary/aromatic N) is 1. The molecule has 0 spiro atoms. The van der Waals surface area contributed by atoms with E-state index in [1.165, 1.54) is 18.0 Å². The van der Waals surface area contributed by atoms with Crippen molar-refractivity contribution >= 4 is 29.3 Å². The minimum atomic E-state index is -2.60. The molecular weight excluding hydrogens is 466 g/mol. The highest BCUT2D eigenvalue weighted by molar-refractivity contribution is 6.24. The van der Waals surface area contributed by atoms with E-state index in [0.29, 0.717) is 12.1 Å². The van der Waals surface area contributed by atoms with E-state index in [4.69, 9.17) is 0 Å². The lowest BCUT2D eigenvalue weighted by molar-refractivity contribution is -0.153. The highest BCUT2D eigenvalue weighted by Gasteiger charge is 2.64. The molecule has 10 heteroatoms. The zero-order valence-corrected chi connectivity index (χ0v) is 20.6. The minimum Gasteiger partial charge on any atom is -0.508 e. The number of ketones is 2. The molecule has 3 aliphatic carbocycles. The number of hydrogen-bond donors (Lipinski definition) is 6. The van der Waals surface area contributed by atoms with E-state index in [2.05, 4.69) is 10.6 Å². The van der Waals surface area contributed by atoms with E-state index < -0.39 is 58.0 Å². The Labute approximate surface area is 208 Å². The van der Waals surface area contributed by atoms with Crippen molar-refractivity contribution in [3.63, 3.8) is 0 Å². The fourth-order valence-corrected chi connectivity index (χ4v) is 5.83. The summed E-state index contributed by atoms with van der Waals surface area (Å²) in [5.41, 5.74) is -1.93. The van der Waals surface area contributed by atoms with Gasteiger partial charge in [0, 0.05) is 25.1 Å². The summed E-state index contributed by atoms with van der Waals surface area (Å²) in [6.07, 6.45) is 4.08. The number of benzene rings is 1. The lowest BCUT2D eigenvalue weighted by Gasteiger charge is -2.50. The normalized spacial score (nSPS) is 27.9. The number of likely N-dealkylation sites (N-methyl/N-ethyl adjacent to an activating group) is 3. The summed E-state index contributed by atoms with van der Waals surface area (Å²) in [5.74, 6) is -5.97. The molecule has 0 bridgehead atoms. The first kappa shape index (κ1) is 25.6. The number of aliphatic hydroxyl groups is 3. The summed E-state index contributed by atoms with van der Waals surface area (Å²) >= 11 is 0. The Morgan fingerprint density at radius 1 is 1.19 bits per heavy atom. The van der Waals surface area contributed by atoms with E-state index in [-0.39, 0.29) is 29.7 Å². The molecule has 0 aromatic heterocycles. The van der Waals surface area contributed by atoms with Crippen molar-refractivity contribution in [2.24, 2.45) is 11.8 Å². The smallest absolute Gasteiger partial charge is 0.258 e. The number of Topliss-reactive ketones (excluding diaryl/α,β-unsaturated/α-hetero) is 2. The number of amides is 1. The summed E-state index contributed by atoms with van der Waals surface area (Å²) in [6, 6.07) is 2.07. The molecular formula is C26H31N3O7. The zero-order valence-electron chi connectivity index (χ0n) is 20.6. The van der Waals surface area contributed by atoms with Crippen LogP contribution in [0.15, 0.2) is 35.1 Å². The molecule has 1 amide bonds. The second-order valence-corrected chi connectivity index (χ2v) is 9.66. The Kier molecular flexibility index (Phi) is 6.54. The van der Waals surface area contributed by atoms with Crippen LogP contribution in [-0.4, -0.2) is 89.2 Å². The molecule has 3 aliphatic rings. The van der Waals surface area contributed by atoms with Gasteiger partial charge in [-0.3, -0.25) is 19.3 Å². The standard InChI is InChI=1S/C26H31N3O7/c1-27-9-5-6-12-7-8-16(30)18-14(12)10-13-11-15-20(29(3)4)22(32)19(25(35)28-2)24(34)26(15,36)23(33)17(13)21(18)31/h5-8,13,15,20,27,30-31,34,36H,9-11H2,1-4H3,(H,28,35)/b6-5+/t13-,15-,20-,26-/m0/s1. The van der Waals surface area contributed by atoms with Crippen LogP contribution in [0.25, 0.3) is 11.8 Å². The van der Waals surface area contributed by atoms with Crippen LogP contribution in [0, 0.1) is 11.8 Å². The number of phenols is 1. The van der Waals surface area contributed by atoms with Crippen LogP contribution in [0.3, 0.4) is 0 Å². The fraction of sp³-hybridized carbons (Fsp3) is 0.423. The van der Waals surface area contributed by atoms with Crippen molar-refractivity contribution < 1.29 is 34.8 Å². The topological polar surface area (TPSA) is 159 Å². The number of rotatable bonds is 5. The summed E-state index contributed by atoms with van der Waals surface area (Å²) in [6.45, 7) is 0.603. The first-order chi connectivity index (χ1) is 17.0. The van der Waals surface area contributed by atoms with E-state index in [9.17, 15) is 34.8 Å². The largest absolute Gasteiger partial charge is 0.508 e. The van der Waals surface area contributed by atoms with Crippen LogP contribution in [0.1, 0.15) is 23.1 Å². The third-order valence-corrected chi connectivity index (χ3v) is 7.47. The van der Waals surface area contributed by atoms with E-state index >= 15 is 0 Å². The molecule has 6 N–H and O–H groups in total. The average molecular weight is 498 g/mol. The van der Waals surface area contributed by atoms with Gasteiger partial charge in [0.2, 0.25) is 5.78 Å². The molecule has 4 atom stereocenters. The first-order valence-electron chi connectivity index (χ1n) is 11.7. The number of aliphatic hydroxyl groups excluding tert-OH is 2. The predicted molar refractivity (Wildman–Crippen MR) is 132 cm³/mol. The molecule has 0 heterocycles. The number of carbonyl (C=O) groups is 3. The van der Waals surface area contributed by atoms with Crippen LogP contribution in [-0.2, 0) is 20.8 Å². The molecule has 0 saturated heterocycles. The molecule has 0 unspecified atom stereocenters. The second-order valence-electron chi connectivity index (χ2n) is 9.66. The van der Waals surface area contributed by atoms with Gasteiger partial charge in [-0.15, -0.1) is 0 Å². The third kappa shape index (κ3) is 3.56. The van der Waals surface area contributed by atoms with Gasteiger partial charge >= 0.3 is 0 Å². The van der Waals surface area contributed by atoms with Gasteiger partial charge in [0.05, 0.1) is 11.6 Å². The summed E-state index contributed by atoms with van der Waals surface area (Å²) in [5, 5.41) is 49.8. The van der Waals surface area contributed by atoms with Gasteiger partial charge < -0.3 is 31.1 Å². The quantitative estimate of drug-likeness (QED) is 0.318. The molecule has 0 aliphatic heterocycles. The Morgan fingerprint density at radius 2 is 1.89 bits per heavy atom. The summed E-state index contributed by atoms with van der Waals surface area (Å²) in [4.78, 5) is 41.2. The van der Waals surface area contributed by atoms with Gasteiger partial charge in [0.25, 0.3) is 5.91 Å². The highest BCUT2D eigenvalue weighted by Crippen LogP contribution is 2.53. The number of hydrogen-bond acceptors (Lipinski definition) is 9. The Morgan fingerprint density at radius 3 is 2.50 bits per heavy atom. The lowest BCUT2D eigenvalue weighted by Crippen LogP contribution is -2.65. The second kappa shape index (κ2) is 9.20. The van der Waals surface area contributed by atoms with Gasteiger partial charge in [0.15, 0.2) is 11.4 Å². The molecule has 1 fully saturated rings. The van der Waals surface area contributed by atoms with Crippen LogP contribution < -0.4 is 10.6 Å². The average Bonchev–Trinajstić information content (AvgIpc) is 2.82. The Hall–Kier alpha value is -3.47. The van der Waals surface area contributed by atoms with Gasteiger partial charge in [-0.2, -0.15) is 0 Å². The summed E-state index contributed by atoms with van der Waals surface area (Å²) < 4.78 is 0. The van der Waals surface area contributed by atoms with E-state index in [1.807, 2.05) is 12.2 Å². The van der Waals surface area contributed by atoms with Gasteiger partial charge in [0.1, 0.15) is 22.8 Å². The number of phenolic OH excluding ortho intramolecular Hbond substituents is 1. The number of fused-ring (bicyclic) bond motifs is 3. The number of carbonyl (C=O) groups excluding carboxylic acids is 3. The minimum absolute atomic E-state index is 0.0794. The molecule has 1 aromatic carbocycles. The number of aromatic hydroxyl groups is 1. The Bertz CT molecular complexity index is 1250. The van der Waals surface area contributed by atoms with Crippen molar-refractivity contribution in [3.05, 3.63) is 51.8 Å². The number of nitrogens with one attached hydrogen (secondary N) is 2. The van der Waals surface area contributed by atoms with Crippen molar-refractivity contribution in [1.29, 1.82) is 0 Å². The van der Waals surface area contributed by atoms with Crippen LogP contribution in [0.4, 0.5) is 0 Å². The molecule has 10 nitrogen and oxygen atoms in total. The van der Waals surface area contributed by atoms with E-state index in [1.54, 1.807) is 27.2 Å². The van der Waals surface area contributed by atoms with E-state index in [0.717, 1.165) is 5.56 Å². The predicted octanol–water partition coefficient (Wildman–Crippen LogP) is 0.457. The SMILES string of the molecule is CNC/C=C/c1ccc(O)c2c1C[C@H]1C[C@H]3[C@H](N(C)C)C(=O)C(C(=O)NC)=C(O)[C@@]3(O)C(=O)C1=C2O. The Balaban J connectivity index is 1.94. The van der Waals surface area contributed by atoms with Crippen molar-refractivity contribution in [3.8, 4) is 5.75 Å². The van der Waals surface area contributed by atoms with Crippen molar-refractivity contribution in [2.75, 3.05) is 34.7 Å². The first-order valence-corrected chi connectivity index (χ1v) is 11.7. The van der Waals surface area contributed by atoms with Crippen LogP contribution >= 0.6 is 0 Å².